The molecular weight excluding hydrogens is 380 g/mol. The first-order valence-corrected chi connectivity index (χ1v) is 10.9. The Kier molecular flexibility index (Phi) is 4.49. The third-order valence-corrected chi connectivity index (χ3v) is 7.52. The first-order chi connectivity index (χ1) is 13.0. The average Bonchev–Trinajstić information content (AvgIpc) is 3.27. The number of hydrogen-bond donors (Lipinski definition) is 1. The molecule has 0 fully saturated rings. The first-order valence-electron chi connectivity index (χ1n) is 8.54. The Morgan fingerprint density at radius 3 is 2.59 bits per heavy atom. The summed E-state index contributed by atoms with van der Waals surface area (Å²) in [7, 11) is -3.72. The number of benzene rings is 2. The largest absolute Gasteiger partial charge is 0.321 e. The zero-order chi connectivity index (χ0) is 19.0. The van der Waals surface area contributed by atoms with Gasteiger partial charge in [0.15, 0.2) is 0 Å². The maximum atomic E-state index is 13.2. The summed E-state index contributed by atoms with van der Waals surface area (Å²) in [6.07, 6.45) is 0.681. The number of carbonyl (C=O) groups is 1. The molecule has 1 unspecified atom stereocenters. The molecule has 7 heteroatoms. The Hall–Kier alpha value is -2.64. The highest BCUT2D eigenvalue weighted by Gasteiger charge is 2.36. The molecule has 1 amide bonds. The van der Waals surface area contributed by atoms with Crippen molar-refractivity contribution in [2.24, 2.45) is 0 Å². The summed E-state index contributed by atoms with van der Waals surface area (Å²) in [4.78, 5) is 12.9. The standard InChI is InChI=1S/C20H18N2O3S2/c1-14-11-15-7-5-6-10-18(15)22(14)27(24,25)17-12-19(26-13-17)20(23)21-16-8-3-2-4-9-16/h2-10,12-14H,11H2,1H3,(H,21,23). The molecule has 0 radical (unpaired) electrons. The lowest BCUT2D eigenvalue weighted by Crippen LogP contribution is -2.35. The van der Waals surface area contributed by atoms with Gasteiger partial charge in [0.1, 0.15) is 0 Å². The fraction of sp³-hybridized carbons (Fsp3) is 0.150. The van der Waals surface area contributed by atoms with E-state index in [2.05, 4.69) is 5.32 Å². The van der Waals surface area contributed by atoms with E-state index < -0.39 is 10.0 Å². The summed E-state index contributed by atoms with van der Waals surface area (Å²) in [6.45, 7) is 1.90. The van der Waals surface area contributed by atoms with E-state index in [1.807, 2.05) is 49.4 Å². The summed E-state index contributed by atoms with van der Waals surface area (Å²) >= 11 is 1.13. The normalized spacial score (nSPS) is 16.2. The van der Waals surface area contributed by atoms with Gasteiger partial charge in [0.05, 0.1) is 15.5 Å². The molecule has 0 saturated carbocycles. The molecule has 138 valence electrons. The van der Waals surface area contributed by atoms with Crippen molar-refractivity contribution in [3.05, 3.63) is 76.5 Å². The van der Waals surface area contributed by atoms with Gasteiger partial charge in [0, 0.05) is 17.1 Å². The Labute approximate surface area is 162 Å². The van der Waals surface area contributed by atoms with Gasteiger partial charge in [0.25, 0.3) is 15.9 Å². The molecule has 5 nitrogen and oxygen atoms in total. The van der Waals surface area contributed by atoms with E-state index in [0.717, 1.165) is 16.9 Å². The number of hydrogen-bond acceptors (Lipinski definition) is 4. The van der Waals surface area contributed by atoms with Crippen LogP contribution in [0.25, 0.3) is 0 Å². The SMILES string of the molecule is CC1Cc2ccccc2N1S(=O)(=O)c1csc(C(=O)Nc2ccccc2)c1. The molecule has 0 spiro atoms. The molecule has 3 aromatic rings. The Balaban J connectivity index is 1.62. The quantitative estimate of drug-likeness (QED) is 0.718. The van der Waals surface area contributed by atoms with Gasteiger partial charge in [0.2, 0.25) is 0 Å². The topological polar surface area (TPSA) is 66.5 Å². The highest BCUT2D eigenvalue weighted by Crippen LogP contribution is 2.37. The summed E-state index contributed by atoms with van der Waals surface area (Å²) in [5.74, 6) is -0.317. The van der Waals surface area contributed by atoms with Crippen molar-refractivity contribution in [1.82, 2.24) is 0 Å². The maximum absolute atomic E-state index is 13.2. The molecule has 1 N–H and O–H groups in total. The lowest BCUT2D eigenvalue weighted by Gasteiger charge is -2.23. The summed E-state index contributed by atoms with van der Waals surface area (Å²) < 4.78 is 27.9. The van der Waals surface area contributed by atoms with Gasteiger partial charge >= 0.3 is 0 Å². The first kappa shape index (κ1) is 17.8. The number of amides is 1. The van der Waals surface area contributed by atoms with E-state index in [4.69, 9.17) is 0 Å². The zero-order valence-corrected chi connectivity index (χ0v) is 16.3. The van der Waals surface area contributed by atoms with Gasteiger partial charge in [-0.15, -0.1) is 11.3 Å². The molecule has 1 aliphatic rings. The second kappa shape index (κ2) is 6.83. The Morgan fingerprint density at radius 2 is 1.81 bits per heavy atom. The highest BCUT2D eigenvalue weighted by molar-refractivity contribution is 7.93. The van der Waals surface area contributed by atoms with Crippen molar-refractivity contribution in [3.8, 4) is 0 Å². The number of thiophene rings is 1. The smallest absolute Gasteiger partial charge is 0.265 e. The van der Waals surface area contributed by atoms with E-state index in [1.54, 1.807) is 12.1 Å². The highest BCUT2D eigenvalue weighted by atomic mass is 32.2. The van der Waals surface area contributed by atoms with Crippen LogP contribution in [0.5, 0.6) is 0 Å². The predicted molar refractivity (Wildman–Crippen MR) is 108 cm³/mol. The predicted octanol–water partition coefficient (Wildman–Crippen LogP) is 4.14. The molecule has 2 aromatic carbocycles. The minimum atomic E-state index is -3.72. The van der Waals surface area contributed by atoms with Gasteiger partial charge in [-0.3, -0.25) is 9.10 Å². The molecule has 2 heterocycles. The van der Waals surface area contributed by atoms with Crippen molar-refractivity contribution < 1.29 is 13.2 Å². The number of nitrogens with zero attached hydrogens (tertiary/aromatic N) is 1. The van der Waals surface area contributed by atoms with Gasteiger partial charge in [-0.2, -0.15) is 0 Å². The summed E-state index contributed by atoms with van der Waals surface area (Å²) in [5, 5.41) is 4.31. The van der Waals surface area contributed by atoms with Crippen molar-refractivity contribution in [2.75, 3.05) is 9.62 Å². The molecule has 0 bridgehead atoms. The van der Waals surface area contributed by atoms with Crippen LogP contribution in [0.1, 0.15) is 22.2 Å². The van der Waals surface area contributed by atoms with Crippen LogP contribution in [-0.2, 0) is 16.4 Å². The number of rotatable bonds is 4. The molecule has 1 aliphatic heterocycles. The zero-order valence-electron chi connectivity index (χ0n) is 14.6. The van der Waals surface area contributed by atoms with E-state index in [9.17, 15) is 13.2 Å². The van der Waals surface area contributed by atoms with Crippen molar-refractivity contribution in [3.63, 3.8) is 0 Å². The van der Waals surface area contributed by atoms with E-state index >= 15 is 0 Å². The second-order valence-corrected chi connectivity index (χ2v) is 9.18. The Morgan fingerprint density at radius 1 is 1.11 bits per heavy atom. The monoisotopic (exact) mass is 398 g/mol. The fourth-order valence-corrected chi connectivity index (χ4v) is 6.15. The average molecular weight is 399 g/mol. The van der Waals surface area contributed by atoms with Crippen LogP contribution in [-0.4, -0.2) is 20.4 Å². The fourth-order valence-electron chi connectivity index (χ4n) is 3.30. The third-order valence-electron chi connectivity index (χ3n) is 4.53. The van der Waals surface area contributed by atoms with Gasteiger partial charge in [-0.05, 0) is 43.2 Å². The van der Waals surface area contributed by atoms with Gasteiger partial charge in [-0.1, -0.05) is 36.4 Å². The number of sulfonamides is 1. The van der Waals surface area contributed by atoms with Crippen molar-refractivity contribution >= 4 is 38.6 Å². The molecule has 0 saturated heterocycles. The van der Waals surface area contributed by atoms with E-state index in [1.165, 1.54) is 15.8 Å². The number of nitrogens with one attached hydrogen (secondary N) is 1. The Bertz CT molecular complexity index is 1090. The number of anilines is 2. The summed E-state index contributed by atoms with van der Waals surface area (Å²) in [5.41, 5.74) is 2.40. The van der Waals surface area contributed by atoms with Crippen LogP contribution < -0.4 is 9.62 Å². The van der Waals surface area contributed by atoms with Crippen LogP contribution in [0.4, 0.5) is 11.4 Å². The molecule has 1 aromatic heterocycles. The summed E-state index contributed by atoms with van der Waals surface area (Å²) in [6, 6.07) is 17.9. The van der Waals surface area contributed by atoms with Gasteiger partial charge in [-0.25, -0.2) is 8.42 Å². The number of carbonyl (C=O) groups excluding carboxylic acids is 1. The van der Waals surface area contributed by atoms with Crippen LogP contribution in [0.3, 0.4) is 0 Å². The minimum Gasteiger partial charge on any atom is -0.321 e. The van der Waals surface area contributed by atoms with Crippen LogP contribution in [0.15, 0.2) is 70.9 Å². The maximum Gasteiger partial charge on any atom is 0.265 e. The lowest BCUT2D eigenvalue weighted by molar-refractivity contribution is 0.103. The molecule has 27 heavy (non-hydrogen) atoms. The number of fused-ring (bicyclic) bond motifs is 1. The molecular formula is C20H18N2O3S2. The molecule has 1 atom stereocenters. The minimum absolute atomic E-state index is 0.147. The molecule has 4 rings (SSSR count). The molecule has 0 aliphatic carbocycles. The van der Waals surface area contributed by atoms with Crippen LogP contribution in [0.2, 0.25) is 0 Å². The van der Waals surface area contributed by atoms with E-state index in [-0.39, 0.29) is 16.8 Å². The second-order valence-electron chi connectivity index (χ2n) is 6.45. The van der Waals surface area contributed by atoms with E-state index in [0.29, 0.717) is 22.7 Å². The van der Waals surface area contributed by atoms with Crippen LogP contribution in [0, 0.1) is 0 Å². The lowest BCUT2D eigenvalue weighted by atomic mass is 10.1. The van der Waals surface area contributed by atoms with Gasteiger partial charge < -0.3 is 5.32 Å². The van der Waals surface area contributed by atoms with Crippen LogP contribution >= 0.6 is 11.3 Å². The van der Waals surface area contributed by atoms with Crippen molar-refractivity contribution in [2.45, 2.75) is 24.3 Å². The third kappa shape index (κ3) is 3.24. The number of para-hydroxylation sites is 2. The van der Waals surface area contributed by atoms with Crippen molar-refractivity contribution in [1.29, 1.82) is 0 Å².